The van der Waals surface area contributed by atoms with E-state index in [9.17, 15) is 19.7 Å². The molecule has 2 saturated heterocycles. The third kappa shape index (κ3) is 3.51. The minimum atomic E-state index is -1.03. The number of para-hydroxylation sites is 1. The van der Waals surface area contributed by atoms with Crippen LogP contribution in [0.2, 0.25) is 0 Å². The first kappa shape index (κ1) is 22.1. The van der Waals surface area contributed by atoms with Crippen molar-refractivity contribution in [2.45, 2.75) is 12.1 Å². The first-order valence-electron chi connectivity index (χ1n) is 10.4. The maximum Gasteiger partial charge on any atom is 0.269 e. The van der Waals surface area contributed by atoms with Crippen molar-refractivity contribution >= 4 is 44.8 Å². The van der Waals surface area contributed by atoms with E-state index in [4.69, 9.17) is 9.57 Å². The van der Waals surface area contributed by atoms with E-state index in [1.54, 1.807) is 18.2 Å². The van der Waals surface area contributed by atoms with Gasteiger partial charge in [0.15, 0.2) is 6.10 Å². The van der Waals surface area contributed by atoms with Crippen LogP contribution in [0.1, 0.15) is 11.6 Å². The minimum absolute atomic E-state index is 0.129. The zero-order valence-corrected chi connectivity index (χ0v) is 19.4. The van der Waals surface area contributed by atoms with Crippen LogP contribution in [0.15, 0.2) is 77.3 Å². The average Bonchev–Trinajstić information content (AvgIpc) is 3.35. The number of halogens is 1. The number of non-ortho nitro benzene ring substituents is 1. The summed E-state index contributed by atoms with van der Waals surface area (Å²) in [5.41, 5.74) is 1.60. The molecule has 0 unspecified atom stereocenters. The second kappa shape index (κ2) is 8.54. The van der Waals surface area contributed by atoms with Gasteiger partial charge in [0.25, 0.3) is 11.6 Å². The molecule has 9 nitrogen and oxygen atoms in total. The average molecular weight is 524 g/mol. The number of hydrogen-bond donors (Lipinski definition) is 0. The van der Waals surface area contributed by atoms with Gasteiger partial charge >= 0.3 is 0 Å². The van der Waals surface area contributed by atoms with Gasteiger partial charge in [0.2, 0.25) is 5.91 Å². The number of carbonyl (C=O) groups excluding carboxylic acids is 2. The van der Waals surface area contributed by atoms with Crippen molar-refractivity contribution in [2.75, 3.05) is 17.1 Å². The van der Waals surface area contributed by atoms with E-state index >= 15 is 0 Å². The number of amides is 2. The molecule has 2 fully saturated rings. The topological polar surface area (TPSA) is 102 Å². The largest absolute Gasteiger partial charge is 0.496 e. The van der Waals surface area contributed by atoms with Gasteiger partial charge in [-0.2, -0.15) is 0 Å². The van der Waals surface area contributed by atoms with Gasteiger partial charge in [0, 0.05) is 12.1 Å². The molecule has 5 rings (SSSR count). The fraction of sp³-hybridized carbons (Fsp3) is 0.167. The second-order valence-electron chi connectivity index (χ2n) is 7.84. The molecular weight excluding hydrogens is 506 g/mol. The second-order valence-corrected chi connectivity index (χ2v) is 8.69. The van der Waals surface area contributed by atoms with Crippen LogP contribution in [-0.4, -0.2) is 30.0 Å². The number of nitro groups is 1. The predicted octanol–water partition coefficient (Wildman–Crippen LogP) is 4.42. The highest BCUT2D eigenvalue weighted by atomic mass is 79.9. The number of methoxy groups -OCH3 is 1. The lowest BCUT2D eigenvalue weighted by atomic mass is 9.90. The highest BCUT2D eigenvalue weighted by Gasteiger charge is 2.60. The van der Waals surface area contributed by atoms with Crippen molar-refractivity contribution in [3.05, 3.63) is 92.9 Å². The summed E-state index contributed by atoms with van der Waals surface area (Å²) < 4.78 is 6.03. The summed E-state index contributed by atoms with van der Waals surface area (Å²) in [6.45, 7) is 0. The van der Waals surface area contributed by atoms with E-state index in [0.29, 0.717) is 15.9 Å². The van der Waals surface area contributed by atoms with Crippen molar-refractivity contribution in [3.63, 3.8) is 0 Å². The maximum absolute atomic E-state index is 13.6. The van der Waals surface area contributed by atoms with Crippen molar-refractivity contribution in [1.29, 1.82) is 0 Å². The number of hydrogen-bond acceptors (Lipinski definition) is 7. The summed E-state index contributed by atoms with van der Waals surface area (Å²) in [6, 6.07) is 19.4. The van der Waals surface area contributed by atoms with Crippen molar-refractivity contribution in [2.24, 2.45) is 5.92 Å². The molecule has 3 aromatic rings. The van der Waals surface area contributed by atoms with E-state index in [-0.39, 0.29) is 11.4 Å². The Labute approximate surface area is 202 Å². The molecule has 0 saturated carbocycles. The van der Waals surface area contributed by atoms with E-state index in [2.05, 4.69) is 15.9 Å². The lowest BCUT2D eigenvalue weighted by molar-refractivity contribution is -0.384. The number of carbonyl (C=O) groups is 2. The molecule has 0 aliphatic carbocycles. The molecule has 172 valence electrons. The molecule has 2 aliphatic rings. The van der Waals surface area contributed by atoms with Crippen LogP contribution in [0, 0.1) is 16.0 Å². The van der Waals surface area contributed by atoms with Crippen molar-refractivity contribution < 1.29 is 24.1 Å². The Morgan fingerprint density at radius 3 is 2.29 bits per heavy atom. The first-order chi connectivity index (χ1) is 16.4. The summed E-state index contributed by atoms with van der Waals surface area (Å²) >= 11 is 3.50. The number of fused-ring (bicyclic) bond motifs is 1. The number of anilines is 2. The molecule has 2 heterocycles. The Hall–Kier alpha value is -3.76. The van der Waals surface area contributed by atoms with Gasteiger partial charge in [-0.25, -0.2) is 9.96 Å². The third-order valence-corrected chi connectivity index (χ3v) is 6.58. The number of nitro benzene ring substituents is 1. The third-order valence-electron chi connectivity index (χ3n) is 5.96. The Kier molecular flexibility index (Phi) is 5.54. The van der Waals surface area contributed by atoms with Crippen LogP contribution in [0.4, 0.5) is 17.1 Å². The van der Waals surface area contributed by atoms with Crippen molar-refractivity contribution in [1.82, 2.24) is 0 Å². The number of rotatable bonds is 5. The van der Waals surface area contributed by atoms with Gasteiger partial charge in [-0.3, -0.25) is 24.5 Å². The summed E-state index contributed by atoms with van der Waals surface area (Å²) in [7, 11) is 1.56. The number of nitrogens with zero attached hydrogens (tertiary/aromatic N) is 3. The van der Waals surface area contributed by atoms with Crippen molar-refractivity contribution in [3.8, 4) is 5.75 Å². The standard InChI is InChI=1S/C24H18BrN3O6/c1-33-19-12-7-14(13-18(19)25)21-20-22(34-27(21)16-5-3-2-4-6-16)24(30)26(23(20)29)15-8-10-17(11-9-15)28(31)32/h2-13,20-22H,1H3/t20-,21-,22-/m1/s1. The lowest BCUT2D eigenvalue weighted by Crippen LogP contribution is -2.37. The van der Waals surface area contributed by atoms with Gasteiger partial charge < -0.3 is 4.74 Å². The Morgan fingerprint density at radius 2 is 1.68 bits per heavy atom. The van der Waals surface area contributed by atoms with Crippen LogP contribution in [0.5, 0.6) is 5.75 Å². The van der Waals surface area contributed by atoms with E-state index in [1.807, 2.05) is 42.5 Å². The summed E-state index contributed by atoms with van der Waals surface area (Å²) in [4.78, 5) is 44.5. The monoisotopic (exact) mass is 523 g/mol. The molecule has 34 heavy (non-hydrogen) atoms. The summed E-state index contributed by atoms with van der Waals surface area (Å²) in [5.74, 6) is -1.13. The van der Waals surface area contributed by atoms with Gasteiger partial charge in [-0.1, -0.05) is 24.3 Å². The van der Waals surface area contributed by atoms with Gasteiger partial charge in [0.1, 0.15) is 11.7 Å². The molecule has 2 aliphatic heterocycles. The van der Waals surface area contributed by atoms with Gasteiger partial charge in [-0.15, -0.1) is 0 Å². The molecule has 0 aromatic heterocycles. The fourth-order valence-electron chi connectivity index (χ4n) is 4.40. The van der Waals surface area contributed by atoms with Crippen LogP contribution < -0.4 is 14.7 Å². The number of imide groups is 1. The Bertz CT molecular complexity index is 1280. The smallest absolute Gasteiger partial charge is 0.269 e. The number of benzene rings is 3. The zero-order chi connectivity index (χ0) is 24.0. The molecule has 0 bridgehead atoms. The molecule has 3 atom stereocenters. The molecule has 0 spiro atoms. The normalized spacial score (nSPS) is 21.6. The summed E-state index contributed by atoms with van der Waals surface area (Å²) in [6.07, 6.45) is -1.03. The van der Waals surface area contributed by atoms with Crippen LogP contribution in [-0.2, 0) is 14.4 Å². The molecule has 0 radical (unpaired) electrons. The quantitative estimate of drug-likeness (QED) is 0.277. The SMILES string of the molecule is COc1ccc([C@@H]2[C@H]3C(=O)N(c4ccc([N+](=O)[O-])cc4)C(=O)[C@@H]3ON2c2ccccc2)cc1Br. The van der Waals surface area contributed by atoms with Gasteiger partial charge in [-0.05, 0) is 57.9 Å². The van der Waals surface area contributed by atoms with Gasteiger partial charge in [0.05, 0.1) is 33.9 Å². The zero-order valence-electron chi connectivity index (χ0n) is 17.8. The minimum Gasteiger partial charge on any atom is -0.496 e. The molecule has 0 N–H and O–H groups in total. The van der Waals surface area contributed by atoms with Crippen LogP contribution in [0.3, 0.4) is 0 Å². The van der Waals surface area contributed by atoms with Crippen LogP contribution in [0.25, 0.3) is 0 Å². The highest BCUT2D eigenvalue weighted by Crippen LogP contribution is 2.48. The highest BCUT2D eigenvalue weighted by molar-refractivity contribution is 9.10. The number of hydroxylamine groups is 1. The maximum atomic E-state index is 13.6. The Balaban J connectivity index is 1.56. The predicted molar refractivity (Wildman–Crippen MR) is 126 cm³/mol. The summed E-state index contributed by atoms with van der Waals surface area (Å²) in [5, 5.41) is 12.6. The molecule has 10 heteroatoms. The first-order valence-corrected chi connectivity index (χ1v) is 11.2. The van der Waals surface area contributed by atoms with E-state index < -0.39 is 34.8 Å². The Morgan fingerprint density at radius 1 is 0.971 bits per heavy atom. The van der Waals surface area contributed by atoms with Crippen LogP contribution >= 0.6 is 15.9 Å². The van der Waals surface area contributed by atoms with E-state index in [1.165, 1.54) is 24.3 Å². The number of ether oxygens (including phenoxy) is 1. The molecular formula is C24H18BrN3O6. The fourth-order valence-corrected chi connectivity index (χ4v) is 4.96. The lowest BCUT2D eigenvalue weighted by Gasteiger charge is -2.29. The molecule has 2 amide bonds. The molecule has 3 aromatic carbocycles. The van der Waals surface area contributed by atoms with E-state index in [0.717, 1.165) is 10.5 Å².